The summed E-state index contributed by atoms with van der Waals surface area (Å²) in [6.07, 6.45) is 1.37. The van der Waals surface area contributed by atoms with Gasteiger partial charge in [0, 0.05) is 13.1 Å². The van der Waals surface area contributed by atoms with E-state index in [1.807, 2.05) is 0 Å². The van der Waals surface area contributed by atoms with Crippen molar-refractivity contribution in [3.05, 3.63) is 29.6 Å². The number of piperidine rings is 1. The van der Waals surface area contributed by atoms with Crippen molar-refractivity contribution in [2.75, 3.05) is 20.1 Å². The van der Waals surface area contributed by atoms with Gasteiger partial charge in [-0.2, -0.15) is 4.31 Å². The van der Waals surface area contributed by atoms with E-state index in [1.165, 1.54) is 11.4 Å². The second kappa shape index (κ2) is 6.08. The maximum absolute atomic E-state index is 13.4. The highest BCUT2D eigenvalue weighted by molar-refractivity contribution is 7.89. The van der Waals surface area contributed by atoms with Gasteiger partial charge in [-0.15, -0.1) is 0 Å². The van der Waals surface area contributed by atoms with Crippen LogP contribution in [0.25, 0.3) is 0 Å². The minimum Gasteiger partial charge on any atom is -0.478 e. The van der Waals surface area contributed by atoms with Crippen molar-refractivity contribution in [3.8, 4) is 0 Å². The van der Waals surface area contributed by atoms with Crippen LogP contribution < -0.4 is 5.32 Å². The van der Waals surface area contributed by atoms with Crippen LogP contribution >= 0.6 is 0 Å². The van der Waals surface area contributed by atoms with E-state index < -0.39 is 27.4 Å². The summed E-state index contributed by atoms with van der Waals surface area (Å²) in [7, 11) is -2.37. The lowest BCUT2D eigenvalue weighted by Crippen LogP contribution is -2.43. The van der Waals surface area contributed by atoms with Gasteiger partial charge in [0.25, 0.3) is 0 Å². The molecule has 0 spiro atoms. The number of nitrogens with zero attached hydrogens (tertiary/aromatic N) is 1. The second-order valence-corrected chi connectivity index (χ2v) is 6.95. The fourth-order valence-corrected chi connectivity index (χ4v) is 3.80. The first-order valence-electron chi connectivity index (χ1n) is 6.55. The van der Waals surface area contributed by atoms with Crippen molar-refractivity contribution in [1.29, 1.82) is 0 Å². The van der Waals surface area contributed by atoms with Gasteiger partial charge in [-0.1, -0.05) is 0 Å². The van der Waals surface area contributed by atoms with Gasteiger partial charge in [0.2, 0.25) is 10.0 Å². The summed E-state index contributed by atoms with van der Waals surface area (Å²) >= 11 is 0. The number of carbonyl (C=O) groups is 1. The zero-order chi connectivity index (χ0) is 15.6. The summed E-state index contributed by atoms with van der Waals surface area (Å²) < 4.78 is 39.6. The Morgan fingerprint density at radius 1 is 1.38 bits per heavy atom. The lowest BCUT2D eigenvalue weighted by atomic mass is 10.1. The molecule has 1 saturated heterocycles. The number of hydrogen-bond acceptors (Lipinski definition) is 4. The molecule has 6 nitrogen and oxygen atoms in total. The molecular weight excluding hydrogens is 299 g/mol. The molecule has 2 N–H and O–H groups in total. The lowest BCUT2D eigenvalue weighted by Gasteiger charge is -2.30. The van der Waals surface area contributed by atoms with Gasteiger partial charge in [0.05, 0.1) is 10.5 Å². The van der Waals surface area contributed by atoms with Crippen LogP contribution in [-0.2, 0) is 10.0 Å². The molecule has 1 aromatic carbocycles. The van der Waals surface area contributed by atoms with Gasteiger partial charge >= 0.3 is 5.97 Å². The number of aromatic carboxylic acids is 1. The molecule has 0 unspecified atom stereocenters. The van der Waals surface area contributed by atoms with E-state index in [4.69, 9.17) is 5.11 Å². The van der Waals surface area contributed by atoms with Gasteiger partial charge in [-0.3, -0.25) is 0 Å². The maximum Gasteiger partial charge on any atom is 0.338 e. The number of benzene rings is 1. The summed E-state index contributed by atoms with van der Waals surface area (Å²) in [4.78, 5) is 10.7. The highest BCUT2D eigenvalue weighted by atomic mass is 32.2. The highest BCUT2D eigenvalue weighted by Crippen LogP contribution is 2.22. The molecule has 1 aromatic rings. The van der Waals surface area contributed by atoms with Crippen molar-refractivity contribution in [1.82, 2.24) is 9.62 Å². The Morgan fingerprint density at radius 3 is 2.57 bits per heavy atom. The first kappa shape index (κ1) is 15.9. The molecule has 0 saturated carbocycles. The number of hydrogen-bond donors (Lipinski definition) is 2. The molecule has 0 radical (unpaired) electrons. The second-order valence-electron chi connectivity index (χ2n) is 4.95. The molecule has 0 atom stereocenters. The molecule has 0 amide bonds. The third-order valence-corrected chi connectivity index (χ3v) is 5.57. The largest absolute Gasteiger partial charge is 0.478 e. The average Bonchev–Trinajstić information content (AvgIpc) is 2.47. The molecule has 1 aliphatic rings. The monoisotopic (exact) mass is 316 g/mol. The van der Waals surface area contributed by atoms with E-state index in [0.29, 0.717) is 12.8 Å². The Bertz CT molecular complexity index is 642. The van der Waals surface area contributed by atoms with Crippen LogP contribution in [0.2, 0.25) is 0 Å². The fourth-order valence-electron chi connectivity index (χ4n) is 2.36. The Hall–Kier alpha value is -1.51. The minimum absolute atomic E-state index is 0.144. The highest BCUT2D eigenvalue weighted by Gasteiger charge is 2.30. The quantitative estimate of drug-likeness (QED) is 0.862. The standard InChI is InChI=1S/C13H17FN2O4S/c1-16(9-4-6-15-7-5-9)21(19,20)10-2-3-12(14)11(8-10)13(17)18/h2-3,8-9,15H,4-7H2,1H3,(H,17,18). The van der Waals surface area contributed by atoms with Crippen LogP contribution in [0.1, 0.15) is 23.2 Å². The summed E-state index contributed by atoms with van der Waals surface area (Å²) in [5, 5.41) is 12.0. The van der Waals surface area contributed by atoms with Crippen molar-refractivity contribution in [2.24, 2.45) is 0 Å². The molecule has 21 heavy (non-hydrogen) atoms. The molecule has 0 aromatic heterocycles. The number of carboxylic acid groups (broad SMARTS) is 1. The molecule has 0 aliphatic carbocycles. The molecule has 1 heterocycles. The van der Waals surface area contributed by atoms with E-state index in [9.17, 15) is 17.6 Å². The van der Waals surface area contributed by atoms with E-state index >= 15 is 0 Å². The maximum atomic E-state index is 13.4. The Morgan fingerprint density at radius 2 is 2.00 bits per heavy atom. The number of halogens is 1. The molecule has 116 valence electrons. The van der Waals surface area contributed by atoms with Gasteiger partial charge < -0.3 is 10.4 Å². The van der Waals surface area contributed by atoms with Crippen molar-refractivity contribution < 1.29 is 22.7 Å². The van der Waals surface area contributed by atoms with E-state index in [0.717, 1.165) is 31.3 Å². The van der Waals surface area contributed by atoms with Crippen molar-refractivity contribution in [3.63, 3.8) is 0 Å². The zero-order valence-electron chi connectivity index (χ0n) is 11.5. The third kappa shape index (κ3) is 3.22. The average molecular weight is 316 g/mol. The number of nitrogens with one attached hydrogen (secondary N) is 1. The van der Waals surface area contributed by atoms with Crippen LogP contribution in [0, 0.1) is 5.82 Å². The molecule has 0 bridgehead atoms. The first-order chi connectivity index (χ1) is 9.84. The topological polar surface area (TPSA) is 86.7 Å². The van der Waals surface area contributed by atoms with Crippen LogP contribution in [-0.4, -0.2) is 50.0 Å². The zero-order valence-corrected chi connectivity index (χ0v) is 12.4. The molecular formula is C13H17FN2O4S. The molecule has 2 rings (SSSR count). The van der Waals surface area contributed by atoms with Crippen LogP contribution in [0.5, 0.6) is 0 Å². The minimum atomic E-state index is -3.84. The molecule has 8 heteroatoms. The van der Waals surface area contributed by atoms with Gasteiger partial charge in [0.1, 0.15) is 5.82 Å². The SMILES string of the molecule is CN(C1CCNCC1)S(=O)(=O)c1ccc(F)c(C(=O)O)c1. The number of carboxylic acids is 1. The normalized spacial score (nSPS) is 17.1. The Balaban J connectivity index is 2.34. The van der Waals surface area contributed by atoms with Gasteiger partial charge in [-0.25, -0.2) is 17.6 Å². The van der Waals surface area contributed by atoms with E-state index in [2.05, 4.69) is 5.32 Å². The smallest absolute Gasteiger partial charge is 0.338 e. The molecule has 1 aliphatic heterocycles. The van der Waals surface area contributed by atoms with Crippen molar-refractivity contribution >= 4 is 16.0 Å². The first-order valence-corrected chi connectivity index (χ1v) is 7.99. The van der Waals surface area contributed by atoms with Gasteiger partial charge in [0.15, 0.2) is 0 Å². The summed E-state index contributed by atoms with van der Waals surface area (Å²) in [6.45, 7) is 1.46. The van der Waals surface area contributed by atoms with Gasteiger partial charge in [-0.05, 0) is 44.1 Å². The fraction of sp³-hybridized carbons (Fsp3) is 0.462. The summed E-state index contributed by atoms with van der Waals surface area (Å²) in [5.74, 6) is -2.44. The van der Waals surface area contributed by atoms with Crippen LogP contribution in [0.3, 0.4) is 0 Å². The van der Waals surface area contributed by atoms with Crippen molar-refractivity contribution in [2.45, 2.75) is 23.8 Å². The number of rotatable bonds is 4. The molecule has 1 fully saturated rings. The third-order valence-electron chi connectivity index (χ3n) is 3.67. The van der Waals surface area contributed by atoms with E-state index in [1.54, 1.807) is 0 Å². The predicted octanol–water partition coefficient (Wildman–Crippen LogP) is 0.896. The summed E-state index contributed by atoms with van der Waals surface area (Å²) in [6, 6.07) is 2.68. The van der Waals surface area contributed by atoms with Crippen LogP contribution in [0.4, 0.5) is 4.39 Å². The lowest BCUT2D eigenvalue weighted by molar-refractivity contribution is 0.0691. The number of sulfonamides is 1. The predicted molar refractivity (Wildman–Crippen MR) is 74.2 cm³/mol. The Kier molecular flexibility index (Phi) is 4.60. The van der Waals surface area contributed by atoms with E-state index in [-0.39, 0.29) is 10.9 Å². The van der Waals surface area contributed by atoms with Crippen LogP contribution in [0.15, 0.2) is 23.1 Å². The summed E-state index contributed by atoms with van der Waals surface area (Å²) in [5.41, 5.74) is -0.644. The Labute approximate surface area is 122 Å².